The lowest BCUT2D eigenvalue weighted by molar-refractivity contribution is -0.127. The Labute approximate surface area is 172 Å². The Balaban J connectivity index is 1.77. The summed E-state index contributed by atoms with van der Waals surface area (Å²) in [5.41, 5.74) is 0.872. The number of benzene rings is 2. The van der Waals surface area contributed by atoms with E-state index in [4.69, 9.17) is 18.9 Å². The first-order valence-corrected chi connectivity index (χ1v) is 10.2. The molecule has 0 fully saturated rings. The van der Waals surface area contributed by atoms with Crippen LogP contribution >= 0.6 is 11.3 Å². The normalized spacial score (nSPS) is 16.1. The fourth-order valence-electron chi connectivity index (χ4n) is 3.28. The van der Waals surface area contributed by atoms with Crippen LogP contribution < -0.4 is 23.7 Å². The largest absolute Gasteiger partial charge is 0.495 e. The number of amides is 1. The zero-order chi connectivity index (χ0) is 20.4. The highest BCUT2D eigenvalue weighted by Gasteiger charge is 2.27. The molecule has 0 saturated carbocycles. The average molecular weight is 414 g/mol. The van der Waals surface area contributed by atoms with Crippen molar-refractivity contribution in [1.82, 2.24) is 4.57 Å². The van der Waals surface area contributed by atoms with E-state index < -0.39 is 6.10 Å². The highest BCUT2D eigenvalue weighted by molar-refractivity contribution is 7.16. The van der Waals surface area contributed by atoms with Gasteiger partial charge >= 0.3 is 0 Å². The van der Waals surface area contributed by atoms with Gasteiger partial charge in [-0.25, -0.2) is 0 Å². The van der Waals surface area contributed by atoms with E-state index in [0.717, 1.165) is 22.4 Å². The van der Waals surface area contributed by atoms with E-state index in [0.29, 0.717) is 28.6 Å². The van der Waals surface area contributed by atoms with Crippen LogP contribution in [-0.4, -0.2) is 37.4 Å². The lowest BCUT2D eigenvalue weighted by atomic mass is 10.2. The Hall–Kier alpha value is -3.00. The number of para-hydroxylation sites is 2. The fourth-order valence-corrected chi connectivity index (χ4v) is 4.45. The van der Waals surface area contributed by atoms with Crippen LogP contribution in [0.1, 0.15) is 13.3 Å². The maximum Gasteiger partial charge on any atom is 0.292 e. The SMILES string of the molecule is CCCn1c(=NC(=O)C2COc3ccccc3O2)sc2c(OC)ccc(OC)c21. The Morgan fingerprint density at radius 3 is 2.62 bits per heavy atom. The van der Waals surface area contributed by atoms with Crippen molar-refractivity contribution in [2.75, 3.05) is 20.8 Å². The number of aromatic nitrogens is 1. The molecule has 7 nitrogen and oxygen atoms in total. The molecular formula is C21H22N2O5S. The van der Waals surface area contributed by atoms with Crippen molar-refractivity contribution in [1.29, 1.82) is 0 Å². The summed E-state index contributed by atoms with van der Waals surface area (Å²) in [7, 11) is 3.25. The van der Waals surface area contributed by atoms with E-state index in [1.807, 2.05) is 34.9 Å². The van der Waals surface area contributed by atoms with Crippen molar-refractivity contribution in [3.8, 4) is 23.0 Å². The van der Waals surface area contributed by atoms with Crippen LogP contribution in [0.4, 0.5) is 0 Å². The Bertz CT molecular complexity index is 1120. The maximum absolute atomic E-state index is 12.9. The van der Waals surface area contributed by atoms with Crippen LogP contribution in [0.5, 0.6) is 23.0 Å². The van der Waals surface area contributed by atoms with E-state index in [-0.39, 0.29) is 12.5 Å². The van der Waals surface area contributed by atoms with Crippen LogP contribution in [0.3, 0.4) is 0 Å². The molecule has 1 atom stereocenters. The van der Waals surface area contributed by atoms with Gasteiger partial charge in [0.05, 0.1) is 14.2 Å². The van der Waals surface area contributed by atoms with Gasteiger partial charge in [-0.05, 0) is 30.7 Å². The van der Waals surface area contributed by atoms with Crippen molar-refractivity contribution >= 4 is 27.5 Å². The Morgan fingerprint density at radius 1 is 1.17 bits per heavy atom. The number of carbonyl (C=O) groups excluding carboxylic acids is 1. The summed E-state index contributed by atoms with van der Waals surface area (Å²) in [4.78, 5) is 17.8. The van der Waals surface area contributed by atoms with E-state index in [1.165, 1.54) is 11.3 Å². The lowest BCUT2D eigenvalue weighted by Gasteiger charge is -2.23. The van der Waals surface area contributed by atoms with Gasteiger partial charge in [-0.1, -0.05) is 30.4 Å². The topological polar surface area (TPSA) is 71.3 Å². The van der Waals surface area contributed by atoms with E-state index in [1.54, 1.807) is 20.3 Å². The monoisotopic (exact) mass is 414 g/mol. The first-order chi connectivity index (χ1) is 14.2. The van der Waals surface area contributed by atoms with Crippen LogP contribution in [0.15, 0.2) is 41.4 Å². The van der Waals surface area contributed by atoms with Crippen LogP contribution in [0, 0.1) is 0 Å². The molecule has 1 unspecified atom stereocenters. The molecule has 1 aliphatic rings. The standard InChI is InChI=1S/C21H22N2O5S/c1-4-11-23-18-15(25-2)9-10-16(26-3)19(18)29-21(23)22-20(24)17-12-27-13-7-5-6-8-14(13)28-17/h5-10,17H,4,11-12H2,1-3H3. The summed E-state index contributed by atoms with van der Waals surface area (Å²) in [5, 5.41) is 0. The van der Waals surface area contributed by atoms with E-state index in [2.05, 4.69) is 11.9 Å². The fraction of sp³-hybridized carbons (Fsp3) is 0.333. The van der Waals surface area contributed by atoms with E-state index in [9.17, 15) is 4.79 Å². The molecule has 0 N–H and O–H groups in total. The molecule has 4 rings (SSSR count). The van der Waals surface area contributed by atoms with Crippen molar-refractivity contribution < 1.29 is 23.7 Å². The number of ether oxygens (including phenoxy) is 4. The average Bonchev–Trinajstić information content (AvgIpc) is 3.11. The third-order valence-corrected chi connectivity index (χ3v) is 5.72. The third kappa shape index (κ3) is 3.55. The number of fused-ring (bicyclic) bond motifs is 2. The second kappa shape index (κ2) is 8.16. The molecule has 152 valence electrons. The maximum atomic E-state index is 12.9. The predicted octanol–water partition coefficient (Wildman–Crippen LogP) is 3.40. The number of aryl methyl sites for hydroxylation is 1. The molecule has 2 heterocycles. The van der Waals surface area contributed by atoms with Gasteiger partial charge in [0.15, 0.2) is 16.3 Å². The number of hydrogen-bond acceptors (Lipinski definition) is 6. The first-order valence-electron chi connectivity index (χ1n) is 9.37. The van der Waals surface area contributed by atoms with Crippen LogP contribution in [-0.2, 0) is 11.3 Å². The first kappa shape index (κ1) is 19.3. The number of rotatable bonds is 5. The molecule has 8 heteroatoms. The van der Waals surface area contributed by atoms with Gasteiger partial charge in [-0.2, -0.15) is 4.99 Å². The van der Waals surface area contributed by atoms with Crippen molar-refractivity contribution in [2.45, 2.75) is 26.0 Å². The van der Waals surface area contributed by atoms with Gasteiger partial charge in [0.25, 0.3) is 5.91 Å². The number of methoxy groups -OCH3 is 2. The Kier molecular flexibility index (Phi) is 5.44. The quantitative estimate of drug-likeness (QED) is 0.640. The lowest BCUT2D eigenvalue weighted by Crippen LogP contribution is -2.36. The molecule has 1 aliphatic heterocycles. The summed E-state index contributed by atoms with van der Waals surface area (Å²) in [6.45, 7) is 2.90. The van der Waals surface area contributed by atoms with Gasteiger partial charge in [-0.15, -0.1) is 0 Å². The minimum atomic E-state index is -0.783. The minimum absolute atomic E-state index is 0.130. The second-order valence-corrected chi connectivity index (χ2v) is 7.48. The predicted molar refractivity (Wildman–Crippen MR) is 110 cm³/mol. The molecule has 2 aromatic carbocycles. The molecule has 0 radical (unpaired) electrons. The van der Waals surface area contributed by atoms with Gasteiger partial charge < -0.3 is 23.5 Å². The summed E-state index contributed by atoms with van der Waals surface area (Å²) in [6.07, 6.45) is 0.0956. The van der Waals surface area contributed by atoms with Gasteiger partial charge in [0.1, 0.15) is 28.3 Å². The molecule has 29 heavy (non-hydrogen) atoms. The molecule has 0 spiro atoms. The molecular weight excluding hydrogens is 392 g/mol. The number of carbonyl (C=O) groups is 1. The number of nitrogens with zero attached hydrogens (tertiary/aromatic N) is 2. The molecule has 0 aliphatic carbocycles. The summed E-state index contributed by atoms with van der Waals surface area (Å²) < 4.78 is 25.4. The zero-order valence-electron chi connectivity index (χ0n) is 16.5. The van der Waals surface area contributed by atoms with Crippen molar-refractivity contribution in [3.05, 3.63) is 41.2 Å². The van der Waals surface area contributed by atoms with Gasteiger partial charge in [0, 0.05) is 6.54 Å². The molecule has 1 aromatic heterocycles. The van der Waals surface area contributed by atoms with Crippen LogP contribution in [0.2, 0.25) is 0 Å². The molecule has 0 saturated heterocycles. The molecule has 3 aromatic rings. The second-order valence-electron chi connectivity index (χ2n) is 6.50. The van der Waals surface area contributed by atoms with Crippen LogP contribution in [0.25, 0.3) is 10.2 Å². The number of thiazole rings is 1. The zero-order valence-corrected chi connectivity index (χ0v) is 17.3. The Morgan fingerprint density at radius 2 is 1.90 bits per heavy atom. The smallest absolute Gasteiger partial charge is 0.292 e. The van der Waals surface area contributed by atoms with Gasteiger partial charge in [-0.3, -0.25) is 4.79 Å². The third-order valence-electron chi connectivity index (χ3n) is 4.63. The summed E-state index contributed by atoms with van der Waals surface area (Å²) in [5.74, 6) is 2.23. The van der Waals surface area contributed by atoms with Gasteiger partial charge in [0.2, 0.25) is 6.10 Å². The molecule has 0 bridgehead atoms. The summed E-state index contributed by atoms with van der Waals surface area (Å²) in [6, 6.07) is 11.0. The highest BCUT2D eigenvalue weighted by Crippen LogP contribution is 2.35. The van der Waals surface area contributed by atoms with E-state index >= 15 is 0 Å². The van der Waals surface area contributed by atoms with Crippen molar-refractivity contribution in [3.63, 3.8) is 0 Å². The minimum Gasteiger partial charge on any atom is -0.495 e. The number of hydrogen-bond donors (Lipinski definition) is 0. The van der Waals surface area contributed by atoms with Crippen molar-refractivity contribution in [2.24, 2.45) is 4.99 Å². The highest BCUT2D eigenvalue weighted by atomic mass is 32.1. The summed E-state index contributed by atoms with van der Waals surface area (Å²) >= 11 is 1.40. The molecule has 1 amide bonds.